The van der Waals surface area contributed by atoms with Gasteiger partial charge < -0.3 is 0 Å². The molecule has 4 rings (SSSR count). The van der Waals surface area contributed by atoms with E-state index in [4.69, 9.17) is 0 Å². The van der Waals surface area contributed by atoms with E-state index in [-0.39, 0.29) is 10.6 Å². The van der Waals surface area contributed by atoms with Gasteiger partial charge in [-0.2, -0.15) is 0 Å². The van der Waals surface area contributed by atoms with Gasteiger partial charge in [0.1, 0.15) is 0 Å². The minimum Gasteiger partial charge on any atom is -0.258 e. The van der Waals surface area contributed by atoms with Gasteiger partial charge in [0, 0.05) is 6.07 Å². The van der Waals surface area contributed by atoms with Crippen molar-refractivity contribution in [2.75, 3.05) is 0 Å². The molecule has 0 spiro atoms. The molecule has 4 aromatic rings. The average Bonchev–Trinajstić information content (AvgIpc) is 2.59. The van der Waals surface area contributed by atoms with Crippen molar-refractivity contribution in [2.24, 2.45) is 0 Å². The number of hydrogen-bond acceptors (Lipinski definition) is 4. The third-order valence-corrected chi connectivity index (χ3v) is 3.75. The van der Waals surface area contributed by atoms with Crippen LogP contribution in [0.4, 0.5) is 5.69 Å². The molecule has 0 unspecified atom stereocenters. The van der Waals surface area contributed by atoms with Crippen LogP contribution in [-0.4, -0.2) is 14.9 Å². The Balaban J connectivity index is 1.95. The van der Waals surface area contributed by atoms with Crippen LogP contribution in [0, 0.1) is 10.1 Å². The molecule has 5 heteroatoms. The lowest BCUT2D eigenvalue weighted by Crippen LogP contribution is -1.92. The first-order valence-electron chi connectivity index (χ1n) is 7.13. The fourth-order valence-corrected chi connectivity index (χ4v) is 2.66. The summed E-state index contributed by atoms with van der Waals surface area (Å²) < 4.78 is 0. The van der Waals surface area contributed by atoms with Gasteiger partial charge in [-0.25, -0.2) is 9.97 Å². The Morgan fingerprint density at radius 1 is 0.739 bits per heavy atom. The van der Waals surface area contributed by atoms with Crippen molar-refractivity contribution in [3.8, 4) is 11.1 Å². The van der Waals surface area contributed by atoms with E-state index in [1.165, 1.54) is 6.07 Å². The van der Waals surface area contributed by atoms with Gasteiger partial charge in [0.05, 0.1) is 32.6 Å². The number of nitrogens with zero attached hydrogens (tertiary/aromatic N) is 3. The first-order chi connectivity index (χ1) is 11.2. The van der Waals surface area contributed by atoms with Gasteiger partial charge in [0.15, 0.2) is 0 Å². The highest BCUT2D eigenvalue weighted by molar-refractivity contribution is 5.89. The Morgan fingerprint density at radius 2 is 1.35 bits per heavy atom. The van der Waals surface area contributed by atoms with Crippen molar-refractivity contribution >= 4 is 27.8 Å². The largest absolute Gasteiger partial charge is 0.277 e. The standard InChI is InChI=1S/C18H11N3O2/c22-21(23)18-8-4-1-5-13(18)12-9-10-16-17(11-12)20-15-7-3-2-6-14(15)19-16/h1-11H. The van der Waals surface area contributed by atoms with Gasteiger partial charge in [0.25, 0.3) is 5.69 Å². The number of nitro groups is 1. The maximum Gasteiger partial charge on any atom is 0.277 e. The van der Waals surface area contributed by atoms with Crippen molar-refractivity contribution in [1.82, 2.24) is 9.97 Å². The summed E-state index contributed by atoms with van der Waals surface area (Å²) >= 11 is 0. The van der Waals surface area contributed by atoms with Crippen LogP contribution in [0.5, 0.6) is 0 Å². The normalized spacial score (nSPS) is 11.0. The Morgan fingerprint density at radius 3 is 2.09 bits per heavy atom. The number of aromatic nitrogens is 2. The maximum atomic E-state index is 11.2. The quantitative estimate of drug-likeness (QED) is 0.313. The average molecular weight is 301 g/mol. The van der Waals surface area contributed by atoms with Gasteiger partial charge in [-0.1, -0.05) is 30.3 Å². The highest BCUT2D eigenvalue weighted by Gasteiger charge is 2.14. The zero-order valence-corrected chi connectivity index (χ0v) is 12.0. The molecule has 110 valence electrons. The van der Waals surface area contributed by atoms with Crippen molar-refractivity contribution in [3.63, 3.8) is 0 Å². The van der Waals surface area contributed by atoms with E-state index in [1.54, 1.807) is 18.2 Å². The second-order valence-electron chi connectivity index (χ2n) is 5.19. The smallest absolute Gasteiger partial charge is 0.258 e. The summed E-state index contributed by atoms with van der Waals surface area (Å²) in [5, 5.41) is 11.2. The SMILES string of the molecule is O=[N+]([O-])c1ccccc1-c1ccc2nc3ccccc3nc2c1. The number of benzene rings is 3. The van der Waals surface area contributed by atoms with Crippen LogP contribution >= 0.6 is 0 Å². The molecule has 0 saturated heterocycles. The molecule has 23 heavy (non-hydrogen) atoms. The molecule has 3 aromatic carbocycles. The zero-order valence-electron chi connectivity index (χ0n) is 12.0. The summed E-state index contributed by atoms with van der Waals surface area (Å²) in [7, 11) is 0. The second-order valence-corrected chi connectivity index (χ2v) is 5.19. The Hall–Kier alpha value is -3.34. The number of hydrogen-bond donors (Lipinski definition) is 0. The van der Waals surface area contributed by atoms with Gasteiger partial charge in [-0.15, -0.1) is 0 Å². The molecule has 1 heterocycles. The summed E-state index contributed by atoms with van der Waals surface area (Å²) in [5.74, 6) is 0. The van der Waals surface area contributed by atoms with Gasteiger partial charge in [-0.05, 0) is 35.9 Å². The molecular formula is C18H11N3O2. The molecule has 0 aliphatic carbocycles. The van der Waals surface area contributed by atoms with Crippen LogP contribution in [0.3, 0.4) is 0 Å². The first kappa shape index (κ1) is 13.3. The van der Waals surface area contributed by atoms with Crippen LogP contribution in [0.1, 0.15) is 0 Å². The molecule has 0 aliphatic rings. The fourth-order valence-electron chi connectivity index (χ4n) is 2.66. The van der Waals surface area contributed by atoms with Crippen LogP contribution in [0.15, 0.2) is 66.7 Å². The summed E-state index contributed by atoms with van der Waals surface area (Å²) in [6.07, 6.45) is 0. The lowest BCUT2D eigenvalue weighted by molar-refractivity contribution is -0.384. The summed E-state index contributed by atoms with van der Waals surface area (Å²) in [6, 6.07) is 19.9. The van der Waals surface area contributed by atoms with Crippen molar-refractivity contribution < 1.29 is 4.92 Å². The second kappa shape index (κ2) is 5.14. The summed E-state index contributed by atoms with van der Waals surface area (Å²) in [5.41, 5.74) is 4.55. The predicted molar refractivity (Wildman–Crippen MR) is 89.1 cm³/mol. The van der Waals surface area contributed by atoms with Crippen molar-refractivity contribution in [2.45, 2.75) is 0 Å². The monoisotopic (exact) mass is 301 g/mol. The molecule has 0 aliphatic heterocycles. The molecule has 0 atom stereocenters. The topological polar surface area (TPSA) is 68.9 Å². The van der Waals surface area contributed by atoms with Crippen LogP contribution in [-0.2, 0) is 0 Å². The maximum absolute atomic E-state index is 11.2. The molecular weight excluding hydrogens is 290 g/mol. The number of rotatable bonds is 2. The summed E-state index contributed by atoms with van der Waals surface area (Å²) in [6.45, 7) is 0. The number of nitro benzene ring substituents is 1. The fraction of sp³-hybridized carbons (Fsp3) is 0. The number of fused-ring (bicyclic) bond motifs is 2. The highest BCUT2D eigenvalue weighted by atomic mass is 16.6. The Kier molecular flexibility index (Phi) is 2.98. The molecule has 0 fully saturated rings. The molecule has 0 N–H and O–H groups in total. The molecule has 5 nitrogen and oxygen atoms in total. The van der Waals surface area contributed by atoms with E-state index in [0.717, 1.165) is 27.6 Å². The lowest BCUT2D eigenvalue weighted by Gasteiger charge is -2.05. The third kappa shape index (κ3) is 2.28. The van der Waals surface area contributed by atoms with E-state index in [2.05, 4.69) is 9.97 Å². The molecule has 0 radical (unpaired) electrons. The van der Waals surface area contributed by atoms with E-state index in [0.29, 0.717) is 5.56 Å². The molecule has 1 aromatic heterocycles. The van der Waals surface area contributed by atoms with Gasteiger partial charge in [-0.3, -0.25) is 10.1 Å². The van der Waals surface area contributed by atoms with Crippen LogP contribution < -0.4 is 0 Å². The van der Waals surface area contributed by atoms with E-state index >= 15 is 0 Å². The molecule has 0 bridgehead atoms. The van der Waals surface area contributed by atoms with E-state index < -0.39 is 0 Å². The third-order valence-electron chi connectivity index (χ3n) is 3.75. The molecule has 0 saturated carbocycles. The highest BCUT2D eigenvalue weighted by Crippen LogP contribution is 2.31. The van der Waals surface area contributed by atoms with Crippen LogP contribution in [0.25, 0.3) is 33.2 Å². The Bertz CT molecular complexity index is 1060. The van der Waals surface area contributed by atoms with E-state index in [1.807, 2.05) is 42.5 Å². The van der Waals surface area contributed by atoms with Gasteiger partial charge >= 0.3 is 0 Å². The van der Waals surface area contributed by atoms with Gasteiger partial charge in [0.2, 0.25) is 0 Å². The number of para-hydroxylation sites is 3. The molecule has 0 amide bonds. The first-order valence-corrected chi connectivity index (χ1v) is 7.13. The van der Waals surface area contributed by atoms with Crippen molar-refractivity contribution in [1.29, 1.82) is 0 Å². The van der Waals surface area contributed by atoms with Crippen molar-refractivity contribution in [3.05, 3.63) is 76.8 Å². The van der Waals surface area contributed by atoms with E-state index in [9.17, 15) is 10.1 Å². The lowest BCUT2D eigenvalue weighted by atomic mass is 10.0. The zero-order chi connectivity index (χ0) is 15.8. The predicted octanol–water partition coefficient (Wildman–Crippen LogP) is 4.36. The summed E-state index contributed by atoms with van der Waals surface area (Å²) in [4.78, 5) is 20.0. The van der Waals surface area contributed by atoms with Crippen LogP contribution in [0.2, 0.25) is 0 Å². The Labute approximate surface area is 131 Å². The minimum absolute atomic E-state index is 0.0839. The minimum atomic E-state index is -0.369.